The van der Waals surface area contributed by atoms with Crippen LogP contribution in [0.4, 0.5) is 10.5 Å². The van der Waals surface area contributed by atoms with Gasteiger partial charge in [-0.2, -0.15) is 0 Å². The number of fused-ring (bicyclic) bond motifs is 1. The molecular formula is C18H18N2O3S. The Labute approximate surface area is 144 Å². The zero-order valence-electron chi connectivity index (χ0n) is 13.7. The van der Waals surface area contributed by atoms with Crippen LogP contribution in [0.15, 0.2) is 42.5 Å². The smallest absolute Gasteiger partial charge is 0.411 e. The molecule has 1 amide bonds. The van der Waals surface area contributed by atoms with Gasteiger partial charge in [-0.15, -0.1) is 11.3 Å². The summed E-state index contributed by atoms with van der Waals surface area (Å²) in [6.45, 7) is 3.88. The van der Waals surface area contributed by atoms with Crippen LogP contribution in [0.5, 0.6) is 5.75 Å². The van der Waals surface area contributed by atoms with Gasteiger partial charge >= 0.3 is 6.09 Å². The predicted molar refractivity (Wildman–Crippen MR) is 95.9 cm³/mol. The van der Waals surface area contributed by atoms with Crippen LogP contribution in [0.1, 0.15) is 23.6 Å². The van der Waals surface area contributed by atoms with Gasteiger partial charge in [-0.05, 0) is 49.7 Å². The molecule has 0 saturated heterocycles. The van der Waals surface area contributed by atoms with Gasteiger partial charge in [-0.1, -0.05) is 12.1 Å². The summed E-state index contributed by atoms with van der Waals surface area (Å²) in [5.41, 5.74) is 2.58. The summed E-state index contributed by atoms with van der Waals surface area (Å²) in [4.78, 5) is 15.9. The van der Waals surface area contributed by atoms with Gasteiger partial charge in [0, 0.05) is 5.69 Å². The number of benzene rings is 2. The number of aryl methyl sites for hydroxylation is 1. The summed E-state index contributed by atoms with van der Waals surface area (Å²) >= 11 is 1.63. The molecule has 2 aromatic carbocycles. The predicted octanol–water partition coefficient (Wildman–Crippen LogP) is 4.92. The molecule has 1 aromatic heterocycles. The highest BCUT2D eigenvalue weighted by Crippen LogP contribution is 2.30. The van der Waals surface area contributed by atoms with Crippen molar-refractivity contribution in [3.8, 4) is 5.75 Å². The average molecular weight is 342 g/mol. The lowest BCUT2D eigenvalue weighted by Crippen LogP contribution is -2.12. The number of aromatic nitrogens is 1. The molecule has 6 heteroatoms. The lowest BCUT2D eigenvalue weighted by atomic mass is 10.2. The molecule has 124 valence electrons. The zero-order chi connectivity index (χ0) is 17.1. The standard InChI is InChI=1S/C18H18N2O3S/c1-11-10-13(8-9-14(11)20-18(21)22-3)23-12(2)17-19-15-6-4-5-7-16(15)24-17/h4-10,12H,1-3H3,(H,20,21). The third-order valence-electron chi connectivity index (χ3n) is 3.59. The molecule has 0 aliphatic rings. The highest BCUT2D eigenvalue weighted by atomic mass is 32.1. The topological polar surface area (TPSA) is 60.5 Å². The number of methoxy groups -OCH3 is 1. The van der Waals surface area contributed by atoms with Gasteiger partial charge in [-0.25, -0.2) is 9.78 Å². The Balaban J connectivity index is 1.75. The minimum Gasteiger partial charge on any atom is -0.484 e. The maximum Gasteiger partial charge on any atom is 0.411 e. The highest BCUT2D eigenvalue weighted by Gasteiger charge is 2.14. The second-order valence-electron chi connectivity index (χ2n) is 5.37. The molecule has 3 rings (SSSR count). The minimum atomic E-state index is -0.491. The molecule has 0 saturated carbocycles. The normalized spacial score (nSPS) is 12.0. The Morgan fingerprint density at radius 3 is 2.75 bits per heavy atom. The molecule has 0 spiro atoms. The molecule has 3 aromatic rings. The number of rotatable bonds is 4. The summed E-state index contributed by atoms with van der Waals surface area (Å²) in [5, 5.41) is 3.60. The SMILES string of the molecule is COC(=O)Nc1ccc(OC(C)c2nc3ccccc3s2)cc1C. The van der Waals surface area contributed by atoms with Gasteiger partial charge < -0.3 is 9.47 Å². The van der Waals surface area contributed by atoms with Crippen molar-refractivity contribution in [2.24, 2.45) is 0 Å². The van der Waals surface area contributed by atoms with Gasteiger partial charge in [-0.3, -0.25) is 5.32 Å². The van der Waals surface area contributed by atoms with Crippen LogP contribution < -0.4 is 10.1 Å². The first-order valence-electron chi connectivity index (χ1n) is 7.54. The van der Waals surface area contributed by atoms with E-state index in [1.165, 1.54) is 7.11 Å². The van der Waals surface area contributed by atoms with E-state index >= 15 is 0 Å². The van der Waals surface area contributed by atoms with Gasteiger partial charge in [0.15, 0.2) is 0 Å². The van der Waals surface area contributed by atoms with Gasteiger partial charge in [0.25, 0.3) is 0 Å². The maximum absolute atomic E-state index is 11.3. The summed E-state index contributed by atoms with van der Waals surface area (Å²) in [6.07, 6.45) is -0.643. The van der Waals surface area contributed by atoms with Crippen LogP contribution in [-0.2, 0) is 4.74 Å². The number of amides is 1. The molecule has 5 nitrogen and oxygen atoms in total. The highest BCUT2D eigenvalue weighted by molar-refractivity contribution is 7.18. The zero-order valence-corrected chi connectivity index (χ0v) is 14.5. The quantitative estimate of drug-likeness (QED) is 0.731. The lowest BCUT2D eigenvalue weighted by Gasteiger charge is -2.14. The molecule has 0 bridgehead atoms. The summed E-state index contributed by atoms with van der Waals surface area (Å²) < 4.78 is 11.8. The average Bonchev–Trinajstić information content (AvgIpc) is 3.01. The van der Waals surface area contributed by atoms with Crippen molar-refractivity contribution in [2.45, 2.75) is 20.0 Å². The monoisotopic (exact) mass is 342 g/mol. The fourth-order valence-corrected chi connectivity index (χ4v) is 3.28. The second kappa shape index (κ2) is 6.88. The van der Waals surface area contributed by atoms with E-state index in [9.17, 15) is 4.79 Å². The molecule has 1 heterocycles. The van der Waals surface area contributed by atoms with Crippen molar-refractivity contribution in [1.29, 1.82) is 0 Å². The fraction of sp³-hybridized carbons (Fsp3) is 0.222. The molecule has 0 fully saturated rings. The van der Waals surface area contributed by atoms with E-state index in [0.29, 0.717) is 5.69 Å². The van der Waals surface area contributed by atoms with Crippen molar-refractivity contribution >= 4 is 33.3 Å². The van der Waals surface area contributed by atoms with E-state index in [-0.39, 0.29) is 6.10 Å². The Morgan fingerprint density at radius 2 is 2.04 bits per heavy atom. The Kier molecular flexibility index (Phi) is 4.66. The first kappa shape index (κ1) is 16.3. The van der Waals surface area contributed by atoms with Crippen LogP contribution in [0.2, 0.25) is 0 Å². The third kappa shape index (κ3) is 3.49. The molecule has 0 aliphatic carbocycles. The van der Waals surface area contributed by atoms with E-state index in [1.54, 1.807) is 17.4 Å². The number of anilines is 1. The number of nitrogens with one attached hydrogen (secondary N) is 1. The lowest BCUT2D eigenvalue weighted by molar-refractivity contribution is 0.187. The Hall–Kier alpha value is -2.60. The first-order valence-corrected chi connectivity index (χ1v) is 8.36. The van der Waals surface area contributed by atoms with E-state index in [2.05, 4.69) is 21.1 Å². The summed E-state index contributed by atoms with van der Waals surface area (Å²) in [7, 11) is 1.34. The Morgan fingerprint density at radius 1 is 1.25 bits per heavy atom. The number of para-hydroxylation sites is 1. The van der Waals surface area contributed by atoms with Crippen molar-refractivity contribution < 1.29 is 14.3 Å². The number of carbonyl (C=O) groups is 1. The number of hydrogen-bond donors (Lipinski definition) is 1. The third-order valence-corrected chi connectivity index (χ3v) is 4.79. The van der Waals surface area contributed by atoms with E-state index in [4.69, 9.17) is 4.74 Å². The molecular weight excluding hydrogens is 324 g/mol. The second-order valence-corrected chi connectivity index (χ2v) is 6.44. The molecule has 0 radical (unpaired) electrons. The fourth-order valence-electron chi connectivity index (χ4n) is 2.33. The van der Waals surface area contributed by atoms with Crippen LogP contribution in [0, 0.1) is 6.92 Å². The van der Waals surface area contributed by atoms with Gasteiger partial charge in [0.05, 0.1) is 17.3 Å². The van der Waals surface area contributed by atoms with Gasteiger partial charge in [0.2, 0.25) is 0 Å². The molecule has 1 atom stereocenters. The summed E-state index contributed by atoms with van der Waals surface area (Å²) in [6, 6.07) is 13.5. The number of ether oxygens (including phenoxy) is 2. The number of hydrogen-bond acceptors (Lipinski definition) is 5. The minimum absolute atomic E-state index is 0.152. The Bertz CT molecular complexity index is 843. The number of thiazole rings is 1. The van der Waals surface area contributed by atoms with E-state index in [0.717, 1.165) is 26.5 Å². The summed E-state index contributed by atoms with van der Waals surface area (Å²) in [5.74, 6) is 0.731. The molecule has 1 unspecified atom stereocenters. The van der Waals surface area contributed by atoms with Crippen molar-refractivity contribution in [3.05, 3.63) is 53.0 Å². The first-order chi connectivity index (χ1) is 11.6. The molecule has 24 heavy (non-hydrogen) atoms. The largest absolute Gasteiger partial charge is 0.484 e. The van der Waals surface area contributed by atoms with Crippen LogP contribution in [0.3, 0.4) is 0 Å². The van der Waals surface area contributed by atoms with Crippen LogP contribution in [-0.4, -0.2) is 18.2 Å². The number of carbonyl (C=O) groups excluding carboxylic acids is 1. The van der Waals surface area contributed by atoms with Crippen molar-refractivity contribution in [2.75, 3.05) is 12.4 Å². The number of nitrogens with zero attached hydrogens (tertiary/aromatic N) is 1. The van der Waals surface area contributed by atoms with Gasteiger partial charge in [0.1, 0.15) is 16.9 Å². The van der Waals surface area contributed by atoms with E-state index < -0.39 is 6.09 Å². The van der Waals surface area contributed by atoms with Crippen LogP contribution >= 0.6 is 11.3 Å². The molecule has 1 N–H and O–H groups in total. The van der Waals surface area contributed by atoms with E-state index in [1.807, 2.05) is 44.2 Å². The van der Waals surface area contributed by atoms with Crippen LogP contribution in [0.25, 0.3) is 10.2 Å². The van der Waals surface area contributed by atoms with Crippen molar-refractivity contribution in [3.63, 3.8) is 0 Å². The van der Waals surface area contributed by atoms with Crippen molar-refractivity contribution in [1.82, 2.24) is 4.98 Å². The maximum atomic E-state index is 11.3. The molecule has 0 aliphatic heterocycles.